The van der Waals surface area contributed by atoms with Crippen LogP contribution in [0.25, 0.3) is 0 Å². The third kappa shape index (κ3) is 4.94. The number of nitrogens with one attached hydrogen (secondary N) is 1. The molecule has 0 aliphatic carbocycles. The van der Waals surface area contributed by atoms with Crippen LogP contribution in [0.3, 0.4) is 0 Å². The number of amides is 1. The molecule has 112 valence electrons. The molecule has 1 N–H and O–H groups in total. The van der Waals surface area contributed by atoms with Crippen molar-refractivity contribution in [3.63, 3.8) is 0 Å². The highest BCUT2D eigenvalue weighted by atomic mass is 127. The van der Waals surface area contributed by atoms with Crippen molar-refractivity contribution in [3.8, 4) is 0 Å². The molecule has 0 saturated carbocycles. The summed E-state index contributed by atoms with van der Waals surface area (Å²) in [7, 11) is 1.59. The molecule has 0 aliphatic rings. The van der Waals surface area contributed by atoms with Gasteiger partial charge in [0.15, 0.2) is 0 Å². The molecule has 1 heterocycles. The molecule has 2 rings (SSSR count). The lowest BCUT2D eigenvalue weighted by Gasteiger charge is -2.04. The van der Waals surface area contributed by atoms with E-state index in [0.717, 1.165) is 19.8 Å². The van der Waals surface area contributed by atoms with E-state index in [1.54, 1.807) is 18.2 Å². The maximum absolute atomic E-state index is 11.9. The molecular formula is C13H11ClINO3S2. The van der Waals surface area contributed by atoms with Gasteiger partial charge in [0.2, 0.25) is 0 Å². The van der Waals surface area contributed by atoms with Crippen LogP contribution in [0.2, 0.25) is 0 Å². The Hall–Kier alpha value is -0.640. The summed E-state index contributed by atoms with van der Waals surface area (Å²) in [4.78, 5) is 12.7. The van der Waals surface area contributed by atoms with Crippen LogP contribution in [0.4, 0.5) is 0 Å². The van der Waals surface area contributed by atoms with Gasteiger partial charge in [-0.1, -0.05) is 0 Å². The summed E-state index contributed by atoms with van der Waals surface area (Å²) >= 11 is 3.29. The summed E-state index contributed by atoms with van der Waals surface area (Å²) in [6.07, 6.45) is 0.563. The van der Waals surface area contributed by atoms with Crippen LogP contribution in [0.15, 0.2) is 40.6 Å². The molecule has 1 aromatic heterocycles. The van der Waals surface area contributed by atoms with E-state index in [4.69, 9.17) is 10.7 Å². The van der Waals surface area contributed by atoms with Crippen molar-refractivity contribution in [2.24, 2.45) is 0 Å². The molecule has 2 aromatic rings. The lowest BCUT2D eigenvalue weighted by Crippen LogP contribution is -2.25. The van der Waals surface area contributed by atoms with Crippen LogP contribution < -0.4 is 5.32 Å². The molecule has 0 radical (unpaired) electrons. The summed E-state index contributed by atoms with van der Waals surface area (Å²) in [5.74, 6) is -0.145. The van der Waals surface area contributed by atoms with Gasteiger partial charge in [0, 0.05) is 31.2 Å². The first-order chi connectivity index (χ1) is 9.86. The first-order valence-electron chi connectivity index (χ1n) is 5.93. The van der Waals surface area contributed by atoms with Crippen molar-refractivity contribution in [3.05, 3.63) is 50.4 Å². The van der Waals surface area contributed by atoms with Gasteiger partial charge in [0.25, 0.3) is 15.0 Å². The molecule has 4 nitrogen and oxygen atoms in total. The van der Waals surface area contributed by atoms with E-state index < -0.39 is 9.05 Å². The standard InChI is InChI=1S/C13H11ClINO3S2/c14-21(18,19)12-6-5-11(20-12)7-8-16-13(17)9-1-3-10(15)4-2-9/h1-6H,7-8H2,(H,16,17). The zero-order valence-corrected chi connectivity index (χ0v) is 15.2. The molecule has 0 atom stereocenters. The number of carbonyl (C=O) groups is 1. The summed E-state index contributed by atoms with van der Waals surface area (Å²) < 4.78 is 23.5. The average molecular weight is 456 g/mol. The van der Waals surface area contributed by atoms with E-state index in [9.17, 15) is 13.2 Å². The molecule has 0 bridgehead atoms. The minimum atomic E-state index is -3.67. The fourth-order valence-electron chi connectivity index (χ4n) is 1.63. The van der Waals surface area contributed by atoms with Crippen molar-refractivity contribution in [2.75, 3.05) is 6.54 Å². The minimum Gasteiger partial charge on any atom is -0.352 e. The summed E-state index contributed by atoms with van der Waals surface area (Å²) in [6.45, 7) is 0.438. The Morgan fingerprint density at radius 2 is 1.86 bits per heavy atom. The van der Waals surface area contributed by atoms with Crippen LogP contribution in [-0.4, -0.2) is 20.9 Å². The Labute approximate surface area is 145 Å². The Morgan fingerprint density at radius 1 is 1.19 bits per heavy atom. The van der Waals surface area contributed by atoms with E-state index in [1.807, 2.05) is 12.1 Å². The van der Waals surface area contributed by atoms with Crippen molar-refractivity contribution < 1.29 is 13.2 Å². The van der Waals surface area contributed by atoms with Gasteiger partial charge in [0.05, 0.1) is 0 Å². The number of benzene rings is 1. The van der Waals surface area contributed by atoms with Crippen molar-refractivity contribution >= 4 is 59.6 Å². The number of hydrogen-bond donors (Lipinski definition) is 1. The maximum atomic E-state index is 11.9. The lowest BCUT2D eigenvalue weighted by molar-refractivity contribution is 0.0954. The fraction of sp³-hybridized carbons (Fsp3) is 0.154. The first-order valence-corrected chi connectivity index (χ1v) is 10.1. The van der Waals surface area contributed by atoms with E-state index in [1.165, 1.54) is 6.07 Å². The van der Waals surface area contributed by atoms with Crippen LogP contribution in [0, 0.1) is 3.57 Å². The van der Waals surface area contributed by atoms with Gasteiger partial charge in [-0.2, -0.15) is 0 Å². The molecular weight excluding hydrogens is 445 g/mol. The van der Waals surface area contributed by atoms with Crippen molar-refractivity contribution in [1.29, 1.82) is 0 Å². The Morgan fingerprint density at radius 3 is 2.43 bits per heavy atom. The first kappa shape index (κ1) is 16.7. The highest BCUT2D eigenvalue weighted by molar-refractivity contribution is 14.1. The third-order valence-electron chi connectivity index (χ3n) is 2.64. The van der Waals surface area contributed by atoms with Gasteiger partial charge in [-0.05, 0) is 65.4 Å². The van der Waals surface area contributed by atoms with Gasteiger partial charge >= 0.3 is 0 Å². The highest BCUT2D eigenvalue weighted by Crippen LogP contribution is 2.24. The number of carbonyl (C=O) groups excluding carboxylic acids is 1. The van der Waals surface area contributed by atoms with Gasteiger partial charge in [-0.25, -0.2) is 8.42 Å². The van der Waals surface area contributed by atoms with Crippen LogP contribution >= 0.6 is 44.6 Å². The largest absolute Gasteiger partial charge is 0.352 e. The van der Waals surface area contributed by atoms with E-state index in [2.05, 4.69) is 27.9 Å². The molecule has 1 aromatic carbocycles. The zero-order valence-electron chi connectivity index (χ0n) is 10.7. The Kier molecular flexibility index (Phi) is 5.64. The Bertz CT molecular complexity index is 741. The van der Waals surface area contributed by atoms with Gasteiger partial charge < -0.3 is 5.32 Å². The van der Waals surface area contributed by atoms with E-state index >= 15 is 0 Å². The van der Waals surface area contributed by atoms with Gasteiger partial charge in [-0.3, -0.25) is 4.79 Å². The molecule has 0 spiro atoms. The molecule has 0 fully saturated rings. The van der Waals surface area contributed by atoms with Gasteiger partial charge in [0.1, 0.15) is 4.21 Å². The minimum absolute atomic E-state index is 0.128. The second-order valence-electron chi connectivity index (χ2n) is 4.17. The number of halogens is 2. The van der Waals surface area contributed by atoms with Crippen LogP contribution in [-0.2, 0) is 15.5 Å². The van der Waals surface area contributed by atoms with Crippen LogP contribution in [0.5, 0.6) is 0 Å². The maximum Gasteiger partial charge on any atom is 0.270 e. The van der Waals surface area contributed by atoms with E-state index in [0.29, 0.717) is 18.5 Å². The third-order valence-corrected chi connectivity index (χ3v) is 6.60. The second-order valence-corrected chi connectivity index (χ2v) is 9.38. The van der Waals surface area contributed by atoms with Crippen molar-refractivity contribution in [2.45, 2.75) is 10.6 Å². The smallest absolute Gasteiger partial charge is 0.270 e. The van der Waals surface area contributed by atoms with E-state index in [-0.39, 0.29) is 10.1 Å². The van der Waals surface area contributed by atoms with Crippen LogP contribution in [0.1, 0.15) is 15.2 Å². The summed E-state index contributed by atoms with van der Waals surface area (Å²) in [5, 5.41) is 2.80. The molecule has 0 saturated heterocycles. The topological polar surface area (TPSA) is 63.2 Å². The predicted octanol–water partition coefficient (Wildman–Crippen LogP) is 3.25. The highest BCUT2D eigenvalue weighted by Gasteiger charge is 2.13. The second kappa shape index (κ2) is 7.08. The SMILES string of the molecule is O=C(NCCc1ccc(S(=O)(=O)Cl)s1)c1ccc(I)cc1. The predicted molar refractivity (Wildman–Crippen MR) is 92.6 cm³/mol. The summed E-state index contributed by atoms with van der Waals surface area (Å²) in [5.41, 5.74) is 0.602. The Balaban J connectivity index is 1.88. The molecule has 0 unspecified atom stereocenters. The zero-order chi connectivity index (χ0) is 15.5. The van der Waals surface area contributed by atoms with Gasteiger partial charge in [-0.15, -0.1) is 11.3 Å². The van der Waals surface area contributed by atoms with Crippen molar-refractivity contribution in [1.82, 2.24) is 5.32 Å². The lowest BCUT2D eigenvalue weighted by atomic mass is 10.2. The average Bonchev–Trinajstić information content (AvgIpc) is 2.88. The number of hydrogen-bond acceptors (Lipinski definition) is 4. The molecule has 21 heavy (non-hydrogen) atoms. The molecule has 0 aliphatic heterocycles. The fourth-order valence-corrected chi connectivity index (χ4v) is 4.11. The summed E-state index contributed by atoms with van der Waals surface area (Å²) in [6, 6.07) is 10.4. The molecule has 8 heteroatoms. The monoisotopic (exact) mass is 455 g/mol. The number of rotatable bonds is 5. The number of thiophene rings is 1. The normalized spacial score (nSPS) is 11.3. The molecule has 1 amide bonds. The quantitative estimate of drug-likeness (QED) is 0.556.